The lowest BCUT2D eigenvalue weighted by molar-refractivity contribution is -0.107. The average molecular weight is 171 g/mol. The van der Waals surface area contributed by atoms with E-state index in [1.165, 1.54) is 19.3 Å². The minimum absolute atomic E-state index is 0.276. The normalized spacial score (nSPS) is 9.55. The molecule has 0 rings (SSSR count). The van der Waals surface area contributed by atoms with E-state index >= 15 is 0 Å². The first-order chi connectivity index (χ1) is 5.18. The van der Waals surface area contributed by atoms with Crippen molar-refractivity contribution < 1.29 is 4.79 Å². The van der Waals surface area contributed by atoms with Gasteiger partial charge in [0.05, 0.1) is 0 Å². The lowest BCUT2D eigenvalue weighted by Gasteiger charge is -2.06. The molecule has 0 radical (unpaired) electrons. The highest BCUT2D eigenvalue weighted by molar-refractivity contribution is 7.77. The molecule has 11 heavy (non-hydrogen) atoms. The molecule has 0 fully saturated rings. The van der Waals surface area contributed by atoms with Gasteiger partial charge in [0.25, 0.3) is 0 Å². The Morgan fingerprint density at radius 1 is 1.36 bits per heavy atom. The van der Waals surface area contributed by atoms with Gasteiger partial charge in [0.2, 0.25) is 0 Å². The molecule has 0 amide bonds. The van der Waals surface area contributed by atoms with Gasteiger partial charge in [0, 0.05) is 5.12 Å². The Morgan fingerprint density at radius 3 is 2.45 bits per heavy atom. The van der Waals surface area contributed by atoms with Gasteiger partial charge in [-0.3, -0.25) is 0 Å². The fourth-order valence-electron chi connectivity index (χ4n) is 0.867. The Bertz CT molecular complexity index is 140. The molecule has 0 aromatic carbocycles. The van der Waals surface area contributed by atoms with E-state index in [4.69, 9.17) is 0 Å². The van der Waals surface area contributed by atoms with Crippen LogP contribution in [0.5, 0.6) is 0 Å². The summed E-state index contributed by atoms with van der Waals surface area (Å²) in [6.07, 6.45) is 5.46. The summed E-state index contributed by atoms with van der Waals surface area (Å²) in [7, 11) is 0. The number of hydrogen-bond donors (Lipinski definition) is 0. The van der Waals surface area contributed by atoms with Crippen LogP contribution in [0.2, 0.25) is 0 Å². The molecule has 0 heterocycles. The minimum atomic E-state index is -0.276. The Morgan fingerprint density at radius 2 is 2.00 bits per heavy atom. The molecule has 64 valence electrons. The van der Waals surface area contributed by atoms with Gasteiger partial charge in [-0.15, -0.1) is 0 Å². The summed E-state index contributed by atoms with van der Waals surface area (Å²) in [5.41, 5.74) is 0.594. The lowest BCUT2D eigenvalue weighted by atomic mass is 10.1. The number of hydrogen-bond acceptors (Lipinski definition) is 2. The zero-order valence-corrected chi connectivity index (χ0v) is 7.88. The van der Waals surface area contributed by atoms with E-state index in [1.54, 1.807) is 0 Å². The van der Waals surface area contributed by atoms with Gasteiger partial charge >= 0.3 is 0 Å². The largest absolute Gasteiger partial charge is 0.737 e. The summed E-state index contributed by atoms with van der Waals surface area (Å²) in [4.78, 5) is 10.5. The first kappa shape index (κ1) is 10.6. The smallest absolute Gasteiger partial charge is 0.0375 e. The summed E-state index contributed by atoms with van der Waals surface area (Å²) in [6.45, 7) is 5.76. The molecule has 0 bridgehead atoms. The van der Waals surface area contributed by atoms with Crippen LogP contribution in [0.4, 0.5) is 0 Å². The van der Waals surface area contributed by atoms with Crippen molar-refractivity contribution in [2.24, 2.45) is 0 Å². The molecule has 0 saturated heterocycles. The molecule has 0 N–H and O–H groups in total. The third kappa shape index (κ3) is 6.05. The monoisotopic (exact) mass is 171 g/mol. The van der Waals surface area contributed by atoms with Crippen molar-refractivity contribution in [2.45, 2.75) is 39.0 Å². The molecule has 0 unspecified atom stereocenters. The molecule has 0 atom stereocenters. The third-order valence-corrected chi connectivity index (χ3v) is 1.91. The summed E-state index contributed by atoms with van der Waals surface area (Å²) in [5.74, 6) is 0. The summed E-state index contributed by atoms with van der Waals surface area (Å²) < 4.78 is 0. The van der Waals surface area contributed by atoms with Gasteiger partial charge in [0.15, 0.2) is 0 Å². The predicted molar refractivity (Wildman–Crippen MR) is 50.3 cm³/mol. The number of unbranched alkanes of at least 4 members (excludes halogenated alkanes) is 3. The van der Waals surface area contributed by atoms with Crippen molar-refractivity contribution in [3.63, 3.8) is 0 Å². The highest BCUT2D eigenvalue weighted by Gasteiger charge is 1.93. The summed E-state index contributed by atoms with van der Waals surface area (Å²) in [6, 6.07) is 0. The second kappa shape index (κ2) is 6.35. The lowest BCUT2D eigenvalue weighted by Crippen LogP contribution is -1.95. The van der Waals surface area contributed by atoms with Crippen LogP contribution >= 0.6 is 0 Å². The predicted octanol–water partition coefficient (Wildman–Crippen LogP) is 2.59. The minimum Gasteiger partial charge on any atom is -0.737 e. The molecule has 2 heteroatoms. The first-order valence-corrected chi connectivity index (χ1v) is 4.48. The van der Waals surface area contributed by atoms with Crippen molar-refractivity contribution in [3.05, 3.63) is 12.2 Å². The maximum absolute atomic E-state index is 10.5. The quantitative estimate of drug-likeness (QED) is 0.347. The van der Waals surface area contributed by atoms with Crippen LogP contribution in [0.25, 0.3) is 0 Å². The Kier molecular flexibility index (Phi) is 6.13. The van der Waals surface area contributed by atoms with Crippen LogP contribution in [-0.4, -0.2) is 5.12 Å². The fourth-order valence-corrected chi connectivity index (χ4v) is 0.969. The van der Waals surface area contributed by atoms with Crippen molar-refractivity contribution in [3.8, 4) is 0 Å². The van der Waals surface area contributed by atoms with Gasteiger partial charge in [-0.25, -0.2) is 0 Å². The van der Waals surface area contributed by atoms with Crippen molar-refractivity contribution >= 4 is 17.7 Å². The average Bonchev–Trinajstić information content (AvgIpc) is 1.97. The molecule has 0 aromatic heterocycles. The summed E-state index contributed by atoms with van der Waals surface area (Å²) >= 11 is 4.44. The van der Waals surface area contributed by atoms with Crippen molar-refractivity contribution in [1.82, 2.24) is 0 Å². The van der Waals surface area contributed by atoms with Gasteiger partial charge in [-0.05, 0) is 18.4 Å². The number of rotatable bonds is 6. The highest BCUT2D eigenvalue weighted by atomic mass is 32.1. The molecule has 0 aromatic rings. The zero-order valence-electron chi connectivity index (χ0n) is 7.06. The van der Waals surface area contributed by atoms with Crippen LogP contribution < -0.4 is 0 Å². The van der Waals surface area contributed by atoms with E-state index in [2.05, 4.69) is 26.1 Å². The molecular weight excluding hydrogens is 156 g/mol. The van der Waals surface area contributed by atoms with Crippen LogP contribution in [0.3, 0.4) is 0 Å². The van der Waals surface area contributed by atoms with Crippen molar-refractivity contribution in [2.75, 3.05) is 0 Å². The SMILES string of the molecule is C=C(CCCCCC)C(=O)[S-]. The van der Waals surface area contributed by atoms with Crippen molar-refractivity contribution in [1.29, 1.82) is 0 Å². The molecule has 1 nitrogen and oxygen atoms in total. The fraction of sp³-hybridized carbons (Fsp3) is 0.667. The van der Waals surface area contributed by atoms with Crippen LogP contribution in [0, 0.1) is 0 Å². The molecule has 0 aliphatic heterocycles. The van der Waals surface area contributed by atoms with Gasteiger partial charge in [0.1, 0.15) is 0 Å². The Balaban J connectivity index is 3.25. The van der Waals surface area contributed by atoms with Crippen LogP contribution in [-0.2, 0) is 17.4 Å². The third-order valence-electron chi connectivity index (χ3n) is 1.62. The Labute approximate surface area is 74.3 Å². The molecule has 0 aliphatic rings. The van der Waals surface area contributed by atoms with E-state index in [-0.39, 0.29) is 5.12 Å². The zero-order chi connectivity index (χ0) is 8.69. The van der Waals surface area contributed by atoms with E-state index < -0.39 is 0 Å². The highest BCUT2D eigenvalue weighted by Crippen LogP contribution is 2.08. The van der Waals surface area contributed by atoms with E-state index in [1.807, 2.05) is 0 Å². The molecule has 0 aliphatic carbocycles. The second-order valence-electron chi connectivity index (χ2n) is 2.70. The maximum Gasteiger partial charge on any atom is 0.0375 e. The molecular formula is C9H15OS-. The molecule has 0 saturated carbocycles. The van der Waals surface area contributed by atoms with Crippen LogP contribution in [0.1, 0.15) is 39.0 Å². The van der Waals surface area contributed by atoms with Gasteiger partial charge in [-0.1, -0.05) is 32.8 Å². The summed E-state index contributed by atoms with van der Waals surface area (Å²) in [5, 5.41) is -0.276. The molecule has 0 spiro atoms. The second-order valence-corrected chi connectivity index (χ2v) is 3.07. The maximum atomic E-state index is 10.5. The number of carbonyl (C=O) groups excluding carboxylic acids is 1. The van der Waals surface area contributed by atoms with Gasteiger partial charge < -0.3 is 17.4 Å². The topological polar surface area (TPSA) is 17.1 Å². The first-order valence-electron chi connectivity index (χ1n) is 4.07. The van der Waals surface area contributed by atoms with Crippen LogP contribution in [0.15, 0.2) is 12.2 Å². The number of carbonyl (C=O) groups is 1. The standard InChI is InChI=1S/C9H16OS/c1-3-4-5-6-7-8(2)9(10)11/h2-7H2,1H3,(H,10,11)/p-1. The van der Waals surface area contributed by atoms with E-state index in [9.17, 15) is 4.79 Å². The van der Waals surface area contributed by atoms with E-state index in [0.29, 0.717) is 5.57 Å². The Hall–Kier alpha value is -0.370. The van der Waals surface area contributed by atoms with Gasteiger partial charge in [-0.2, -0.15) is 0 Å². The van der Waals surface area contributed by atoms with E-state index in [0.717, 1.165) is 12.8 Å².